The molecule has 3 rings (SSSR count). The van der Waals surface area contributed by atoms with Gasteiger partial charge in [0.1, 0.15) is 16.9 Å². The van der Waals surface area contributed by atoms with Gasteiger partial charge in [0.2, 0.25) is 15.9 Å². The number of amides is 1. The second-order valence-corrected chi connectivity index (χ2v) is 9.44. The van der Waals surface area contributed by atoms with Gasteiger partial charge < -0.3 is 20.0 Å². The number of hydrogen-bond acceptors (Lipinski definition) is 6. The average Bonchev–Trinajstić information content (AvgIpc) is 2.83. The zero-order valence-electron chi connectivity index (χ0n) is 19.1. The van der Waals surface area contributed by atoms with Crippen LogP contribution in [0.15, 0.2) is 65.6 Å². The summed E-state index contributed by atoms with van der Waals surface area (Å²) in [6, 6.07) is 16.3. The van der Waals surface area contributed by atoms with E-state index < -0.39 is 28.5 Å². The maximum atomic E-state index is 13.0. The highest BCUT2D eigenvalue weighted by Gasteiger charge is 2.25. The Morgan fingerprint density at radius 3 is 2.54 bits per heavy atom. The molecule has 35 heavy (non-hydrogen) atoms. The number of anilines is 1. The van der Waals surface area contributed by atoms with Gasteiger partial charge in [-0.25, -0.2) is 13.1 Å². The fourth-order valence-corrected chi connectivity index (χ4v) is 4.81. The average molecular weight is 499 g/mol. The molecule has 1 atom stereocenters. The first-order chi connectivity index (χ1) is 16.7. The molecular formula is C25H26N2O7S. The highest BCUT2D eigenvalue weighted by atomic mass is 32.2. The third kappa shape index (κ3) is 6.87. The molecule has 3 aromatic rings. The zero-order valence-corrected chi connectivity index (χ0v) is 19.9. The number of carboxylic acids is 1. The second-order valence-electron chi connectivity index (χ2n) is 7.76. The lowest BCUT2D eigenvalue weighted by molar-refractivity contribution is -0.138. The second kappa shape index (κ2) is 11.6. The molecule has 0 aliphatic carbocycles. The summed E-state index contributed by atoms with van der Waals surface area (Å²) in [6.07, 6.45) is 0.234. The molecule has 0 aliphatic rings. The van der Waals surface area contributed by atoms with Crippen molar-refractivity contribution in [3.05, 3.63) is 66.2 Å². The molecule has 0 bridgehead atoms. The van der Waals surface area contributed by atoms with E-state index in [0.29, 0.717) is 12.1 Å². The first kappa shape index (κ1) is 25.9. The van der Waals surface area contributed by atoms with Crippen LogP contribution in [0.2, 0.25) is 0 Å². The largest absolute Gasteiger partial charge is 0.492 e. The topological polar surface area (TPSA) is 139 Å². The fourth-order valence-electron chi connectivity index (χ4n) is 3.52. The van der Waals surface area contributed by atoms with E-state index in [4.69, 9.17) is 9.84 Å². The lowest BCUT2D eigenvalue weighted by Gasteiger charge is -2.17. The van der Waals surface area contributed by atoms with Crippen molar-refractivity contribution in [2.45, 2.75) is 37.1 Å². The highest BCUT2D eigenvalue weighted by molar-refractivity contribution is 7.89. The fraction of sp³-hybridized carbons (Fsp3) is 0.240. The van der Waals surface area contributed by atoms with Crippen molar-refractivity contribution in [1.82, 2.24) is 4.72 Å². The van der Waals surface area contributed by atoms with E-state index in [1.54, 1.807) is 6.92 Å². The number of benzene rings is 3. The van der Waals surface area contributed by atoms with Crippen LogP contribution >= 0.6 is 0 Å². The molecule has 0 saturated heterocycles. The van der Waals surface area contributed by atoms with Crippen LogP contribution in [0, 0.1) is 0 Å². The van der Waals surface area contributed by atoms with E-state index in [2.05, 4.69) is 10.0 Å². The Bertz CT molecular complexity index is 1330. The van der Waals surface area contributed by atoms with Gasteiger partial charge in [0.15, 0.2) is 0 Å². The molecule has 1 amide bonds. The number of hydrogen-bond donors (Lipinski definition) is 3. The Hall–Kier alpha value is -3.76. The first-order valence-electron chi connectivity index (χ1n) is 11.0. The van der Waals surface area contributed by atoms with Crippen molar-refractivity contribution < 1.29 is 32.6 Å². The number of ether oxygens (including phenoxy) is 1. The summed E-state index contributed by atoms with van der Waals surface area (Å²) in [6.45, 7) is 1.82. The van der Waals surface area contributed by atoms with Crippen molar-refractivity contribution in [2.75, 3.05) is 11.9 Å². The summed E-state index contributed by atoms with van der Waals surface area (Å²) in [5.74, 6) is -1.62. The minimum absolute atomic E-state index is 0.0355. The van der Waals surface area contributed by atoms with Gasteiger partial charge in [-0.2, -0.15) is 0 Å². The smallest absolute Gasteiger partial charge is 0.305 e. The van der Waals surface area contributed by atoms with Gasteiger partial charge in [0.05, 0.1) is 19.1 Å². The molecule has 0 spiro atoms. The molecule has 3 aromatic carbocycles. The Balaban J connectivity index is 1.87. The number of aliphatic carboxylic acids is 1. The number of fused-ring (bicyclic) bond motifs is 1. The number of carbonyl (C=O) groups excluding carboxylic acids is 2. The standard InChI is InChI=1S/C25H26N2O7S/c1-2-24(29)26-19-10-11-23(35(32,33)27-20(16-28)15-25(30)31)22(14-19)34-13-12-18-8-5-7-17-6-3-4-9-21(17)18/h3-11,14,16,20,27H,2,12-13,15H2,1H3,(H,26,29)(H,30,31). The maximum absolute atomic E-state index is 13.0. The van der Waals surface area contributed by atoms with Crippen LogP contribution in [0.4, 0.5) is 5.69 Å². The zero-order chi connectivity index (χ0) is 25.4. The molecule has 3 N–H and O–H groups in total. The molecular weight excluding hydrogens is 472 g/mol. The first-order valence-corrected chi connectivity index (χ1v) is 12.4. The van der Waals surface area contributed by atoms with Crippen LogP contribution in [0.3, 0.4) is 0 Å². The summed E-state index contributed by atoms with van der Waals surface area (Å²) < 4.78 is 33.9. The van der Waals surface area contributed by atoms with Crippen LogP contribution in [0.25, 0.3) is 10.8 Å². The van der Waals surface area contributed by atoms with E-state index in [9.17, 15) is 22.8 Å². The van der Waals surface area contributed by atoms with Crippen LogP contribution in [-0.4, -0.2) is 44.3 Å². The van der Waals surface area contributed by atoms with Crippen molar-refractivity contribution in [3.63, 3.8) is 0 Å². The molecule has 1 unspecified atom stereocenters. The van der Waals surface area contributed by atoms with Gasteiger partial charge in [0.25, 0.3) is 0 Å². The number of carboxylic acid groups (broad SMARTS) is 1. The molecule has 184 valence electrons. The van der Waals surface area contributed by atoms with Gasteiger partial charge in [0, 0.05) is 24.6 Å². The Kier molecular flexibility index (Phi) is 8.56. The van der Waals surface area contributed by atoms with Gasteiger partial charge in [-0.3, -0.25) is 9.59 Å². The predicted octanol–water partition coefficient (Wildman–Crippen LogP) is 3.13. The van der Waals surface area contributed by atoms with Crippen molar-refractivity contribution in [1.29, 1.82) is 0 Å². The number of sulfonamides is 1. The molecule has 9 nitrogen and oxygen atoms in total. The summed E-state index contributed by atoms with van der Waals surface area (Å²) >= 11 is 0. The van der Waals surface area contributed by atoms with Gasteiger partial charge in [-0.05, 0) is 28.5 Å². The predicted molar refractivity (Wildman–Crippen MR) is 131 cm³/mol. The van der Waals surface area contributed by atoms with E-state index >= 15 is 0 Å². The lowest BCUT2D eigenvalue weighted by Crippen LogP contribution is -2.37. The van der Waals surface area contributed by atoms with Crippen molar-refractivity contribution in [3.8, 4) is 5.75 Å². The third-order valence-electron chi connectivity index (χ3n) is 5.21. The number of aldehydes is 1. The maximum Gasteiger partial charge on any atom is 0.305 e. The molecule has 0 heterocycles. The third-order valence-corrected chi connectivity index (χ3v) is 6.74. The Morgan fingerprint density at radius 2 is 1.83 bits per heavy atom. The molecule has 0 radical (unpaired) electrons. The molecule has 10 heteroatoms. The molecule has 0 aliphatic heterocycles. The Labute approximate surface area is 203 Å². The van der Waals surface area contributed by atoms with Crippen molar-refractivity contribution in [2.24, 2.45) is 0 Å². The summed E-state index contributed by atoms with van der Waals surface area (Å²) in [7, 11) is -4.31. The quantitative estimate of drug-likeness (QED) is 0.326. The van der Waals surface area contributed by atoms with E-state index in [1.807, 2.05) is 42.5 Å². The lowest BCUT2D eigenvalue weighted by atomic mass is 10.0. The molecule has 0 saturated carbocycles. The highest BCUT2D eigenvalue weighted by Crippen LogP contribution is 2.29. The summed E-state index contributed by atoms with van der Waals surface area (Å²) in [5, 5.41) is 13.7. The molecule has 0 fully saturated rings. The van der Waals surface area contributed by atoms with Gasteiger partial charge in [-0.15, -0.1) is 0 Å². The van der Waals surface area contributed by atoms with Crippen LogP contribution in [0.1, 0.15) is 25.3 Å². The SMILES string of the molecule is CCC(=O)Nc1ccc(S(=O)(=O)NC(C=O)CC(=O)O)c(OCCc2cccc3ccccc23)c1. The van der Waals surface area contributed by atoms with Crippen LogP contribution in [-0.2, 0) is 30.8 Å². The van der Waals surface area contributed by atoms with E-state index in [0.717, 1.165) is 16.3 Å². The van der Waals surface area contributed by atoms with Crippen LogP contribution in [0.5, 0.6) is 5.75 Å². The minimum atomic E-state index is -4.31. The van der Waals surface area contributed by atoms with Gasteiger partial charge >= 0.3 is 5.97 Å². The normalized spacial score (nSPS) is 12.1. The molecule has 0 aromatic heterocycles. The summed E-state index contributed by atoms with van der Waals surface area (Å²) in [5.41, 5.74) is 1.36. The number of nitrogens with one attached hydrogen (secondary N) is 2. The number of carbonyl (C=O) groups is 3. The van der Waals surface area contributed by atoms with E-state index in [-0.39, 0.29) is 35.9 Å². The summed E-state index contributed by atoms with van der Waals surface area (Å²) in [4.78, 5) is 33.7. The monoisotopic (exact) mass is 498 g/mol. The minimum Gasteiger partial charge on any atom is -0.492 e. The van der Waals surface area contributed by atoms with Crippen molar-refractivity contribution >= 4 is 44.6 Å². The Morgan fingerprint density at radius 1 is 1.09 bits per heavy atom. The number of rotatable bonds is 12. The van der Waals surface area contributed by atoms with E-state index in [1.165, 1.54) is 18.2 Å². The van der Waals surface area contributed by atoms with Crippen LogP contribution < -0.4 is 14.8 Å². The van der Waals surface area contributed by atoms with Gasteiger partial charge in [-0.1, -0.05) is 49.4 Å².